The minimum atomic E-state index is -1.20. The van der Waals surface area contributed by atoms with Gasteiger partial charge in [0.1, 0.15) is 16.8 Å². The van der Waals surface area contributed by atoms with Crippen LogP contribution in [0.15, 0.2) is 51.4 Å². The third-order valence-electron chi connectivity index (χ3n) is 3.79. The summed E-state index contributed by atoms with van der Waals surface area (Å²) in [6.07, 6.45) is 0. The molecule has 2 aromatic carbocycles. The van der Waals surface area contributed by atoms with Crippen molar-refractivity contribution in [2.45, 2.75) is 0 Å². The van der Waals surface area contributed by atoms with Gasteiger partial charge in [-0.15, -0.1) is 0 Å². The van der Waals surface area contributed by atoms with E-state index in [1.54, 1.807) is 12.1 Å². The largest absolute Gasteiger partial charge is 0.478 e. The number of carboxylic acid groups (broad SMARTS) is 1. The second-order valence-electron chi connectivity index (χ2n) is 5.44. The number of halogens is 3. The Morgan fingerprint density at radius 3 is 2.76 bits per heavy atom. The van der Waals surface area contributed by atoms with E-state index < -0.39 is 11.8 Å². The standard InChI is InChI=1S/C18H8BrClFNO3/c19-9-1-2-15-8(3-9)4-16(25-15)14-7-12(18(23)24)11-5-10(20)6-13(21)17(11)22-14/h1-7H,(H,23,24). The van der Waals surface area contributed by atoms with Gasteiger partial charge in [-0.05, 0) is 42.5 Å². The van der Waals surface area contributed by atoms with Crippen LogP contribution in [0.4, 0.5) is 4.39 Å². The highest BCUT2D eigenvalue weighted by molar-refractivity contribution is 9.10. The zero-order valence-electron chi connectivity index (χ0n) is 12.4. The summed E-state index contributed by atoms with van der Waals surface area (Å²) in [5, 5.41) is 10.5. The van der Waals surface area contributed by atoms with Crippen LogP contribution in [0, 0.1) is 5.82 Å². The van der Waals surface area contributed by atoms with Gasteiger partial charge in [0.25, 0.3) is 0 Å². The maximum atomic E-state index is 14.3. The molecule has 0 aliphatic rings. The van der Waals surface area contributed by atoms with Crippen molar-refractivity contribution in [2.75, 3.05) is 0 Å². The molecule has 4 rings (SSSR count). The number of hydrogen-bond donors (Lipinski definition) is 1. The minimum absolute atomic E-state index is 0.0686. The Morgan fingerprint density at radius 2 is 2.00 bits per heavy atom. The third kappa shape index (κ3) is 2.77. The van der Waals surface area contributed by atoms with E-state index in [1.165, 1.54) is 12.1 Å². The molecule has 0 bridgehead atoms. The first-order valence-electron chi connectivity index (χ1n) is 7.15. The molecule has 25 heavy (non-hydrogen) atoms. The molecular weight excluding hydrogens is 413 g/mol. The number of aromatic nitrogens is 1. The average molecular weight is 421 g/mol. The lowest BCUT2D eigenvalue weighted by molar-refractivity contribution is 0.0699. The number of carboxylic acids is 1. The summed E-state index contributed by atoms with van der Waals surface area (Å²) in [5.74, 6) is -1.54. The Labute approximate surface area is 154 Å². The SMILES string of the molecule is O=C(O)c1cc(-c2cc3cc(Br)ccc3o2)nc2c(F)cc(Cl)cc12. The fraction of sp³-hybridized carbons (Fsp3) is 0. The molecule has 1 N–H and O–H groups in total. The van der Waals surface area contributed by atoms with Crippen LogP contribution in [-0.4, -0.2) is 16.1 Å². The van der Waals surface area contributed by atoms with Crippen molar-refractivity contribution >= 4 is 55.4 Å². The number of fused-ring (bicyclic) bond motifs is 2. The molecule has 0 radical (unpaired) electrons. The first-order chi connectivity index (χ1) is 11.9. The van der Waals surface area contributed by atoms with E-state index in [4.69, 9.17) is 16.0 Å². The summed E-state index contributed by atoms with van der Waals surface area (Å²) in [5.41, 5.74) is 0.691. The summed E-state index contributed by atoms with van der Waals surface area (Å²) < 4.78 is 20.9. The molecule has 124 valence electrons. The molecule has 2 aromatic heterocycles. The van der Waals surface area contributed by atoms with Crippen LogP contribution in [0.1, 0.15) is 10.4 Å². The van der Waals surface area contributed by atoms with Crippen LogP contribution < -0.4 is 0 Å². The van der Waals surface area contributed by atoms with Gasteiger partial charge in [-0.25, -0.2) is 14.2 Å². The number of furan rings is 1. The van der Waals surface area contributed by atoms with Gasteiger partial charge >= 0.3 is 5.97 Å². The molecule has 0 saturated carbocycles. The average Bonchev–Trinajstić information content (AvgIpc) is 2.96. The van der Waals surface area contributed by atoms with Crippen LogP contribution in [-0.2, 0) is 0 Å². The number of pyridine rings is 1. The fourth-order valence-electron chi connectivity index (χ4n) is 2.70. The van der Waals surface area contributed by atoms with E-state index in [1.807, 2.05) is 12.1 Å². The van der Waals surface area contributed by atoms with Gasteiger partial charge in [-0.3, -0.25) is 0 Å². The predicted octanol–water partition coefficient (Wildman–Crippen LogP) is 5.90. The van der Waals surface area contributed by atoms with Crippen molar-refractivity contribution in [3.63, 3.8) is 0 Å². The Bertz CT molecular complexity index is 1170. The third-order valence-corrected chi connectivity index (χ3v) is 4.50. The normalized spacial score (nSPS) is 11.3. The number of aromatic carboxylic acids is 1. The van der Waals surface area contributed by atoms with Crippen molar-refractivity contribution in [1.29, 1.82) is 0 Å². The van der Waals surface area contributed by atoms with Gasteiger partial charge in [-0.2, -0.15) is 0 Å². The van der Waals surface area contributed by atoms with Crippen LogP contribution in [0.3, 0.4) is 0 Å². The van der Waals surface area contributed by atoms with Gasteiger partial charge in [0.05, 0.1) is 5.56 Å². The number of carbonyl (C=O) groups is 1. The highest BCUT2D eigenvalue weighted by Gasteiger charge is 2.18. The molecule has 0 fully saturated rings. The molecule has 0 spiro atoms. The van der Waals surface area contributed by atoms with Crippen molar-refractivity contribution in [1.82, 2.24) is 4.98 Å². The van der Waals surface area contributed by atoms with E-state index in [0.717, 1.165) is 15.9 Å². The van der Waals surface area contributed by atoms with E-state index >= 15 is 0 Å². The van der Waals surface area contributed by atoms with Gasteiger partial charge in [0.15, 0.2) is 11.6 Å². The van der Waals surface area contributed by atoms with Crippen molar-refractivity contribution in [2.24, 2.45) is 0 Å². The predicted molar refractivity (Wildman–Crippen MR) is 96.6 cm³/mol. The first kappa shape index (κ1) is 16.1. The molecule has 0 aliphatic heterocycles. The Kier molecular flexibility index (Phi) is 3.74. The molecular formula is C18H8BrClFNO3. The second-order valence-corrected chi connectivity index (χ2v) is 6.79. The number of nitrogens with zero attached hydrogens (tertiary/aromatic N) is 1. The second kappa shape index (κ2) is 5.82. The Hall–Kier alpha value is -2.44. The van der Waals surface area contributed by atoms with E-state index in [9.17, 15) is 14.3 Å². The van der Waals surface area contributed by atoms with E-state index in [2.05, 4.69) is 20.9 Å². The zero-order valence-corrected chi connectivity index (χ0v) is 14.7. The van der Waals surface area contributed by atoms with Crippen LogP contribution in [0.5, 0.6) is 0 Å². The fourth-order valence-corrected chi connectivity index (χ4v) is 3.28. The van der Waals surface area contributed by atoms with E-state index in [0.29, 0.717) is 11.3 Å². The van der Waals surface area contributed by atoms with Gasteiger partial charge in [0.2, 0.25) is 0 Å². The molecule has 0 unspecified atom stereocenters. The monoisotopic (exact) mass is 419 g/mol. The van der Waals surface area contributed by atoms with Crippen LogP contribution in [0.2, 0.25) is 5.02 Å². The van der Waals surface area contributed by atoms with Crippen LogP contribution >= 0.6 is 27.5 Å². The first-order valence-corrected chi connectivity index (χ1v) is 8.32. The molecule has 4 nitrogen and oxygen atoms in total. The number of rotatable bonds is 2. The van der Waals surface area contributed by atoms with Gasteiger partial charge in [0, 0.05) is 20.3 Å². The highest BCUT2D eigenvalue weighted by Crippen LogP contribution is 2.32. The molecule has 7 heteroatoms. The molecule has 0 saturated heterocycles. The summed E-state index contributed by atoms with van der Waals surface area (Å²) in [6, 6.07) is 11.0. The summed E-state index contributed by atoms with van der Waals surface area (Å²) >= 11 is 9.22. The van der Waals surface area contributed by atoms with Gasteiger partial charge in [-0.1, -0.05) is 27.5 Å². The van der Waals surface area contributed by atoms with Crippen molar-refractivity contribution in [3.05, 3.63) is 63.3 Å². The lowest BCUT2D eigenvalue weighted by Gasteiger charge is -2.07. The molecule has 0 amide bonds. The molecule has 4 aromatic rings. The highest BCUT2D eigenvalue weighted by atomic mass is 79.9. The summed E-state index contributed by atoms with van der Waals surface area (Å²) in [7, 11) is 0. The van der Waals surface area contributed by atoms with Crippen molar-refractivity contribution in [3.8, 4) is 11.5 Å². The van der Waals surface area contributed by atoms with Crippen molar-refractivity contribution < 1.29 is 18.7 Å². The smallest absolute Gasteiger partial charge is 0.336 e. The maximum absolute atomic E-state index is 14.3. The lowest BCUT2D eigenvalue weighted by Crippen LogP contribution is -2.01. The summed E-state index contributed by atoms with van der Waals surface area (Å²) in [6.45, 7) is 0. The topological polar surface area (TPSA) is 63.3 Å². The summed E-state index contributed by atoms with van der Waals surface area (Å²) in [4.78, 5) is 15.9. The zero-order chi connectivity index (χ0) is 17.7. The lowest BCUT2D eigenvalue weighted by atomic mass is 10.1. The van der Waals surface area contributed by atoms with Gasteiger partial charge < -0.3 is 9.52 Å². The Morgan fingerprint density at radius 1 is 1.20 bits per heavy atom. The van der Waals surface area contributed by atoms with Crippen LogP contribution in [0.25, 0.3) is 33.3 Å². The quantitative estimate of drug-likeness (QED) is 0.438. The molecule has 0 atom stereocenters. The number of hydrogen-bond acceptors (Lipinski definition) is 3. The maximum Gasteiger partial charge on any atom is 0.336 e. The minimum Gasteiger partial charge on any atom is -0.478 e. The number of benzene rings is 2. The Balaban J connectivity index is 2.02. The molecule has 2 heterocycles. The molecule has 0 aliphatic carbocycles. The van der Waals surface area contributed by atoms with E-state index in [-0.39, 0.29) is 27.2 Å².